The van der Waals surface area contributed by atoms with Crippen LogP contribution in [0.1, 0.15) is 52.4 Å². The van der Waals surface area contributed by atoms with Crippen molar-refractivity contribution in [2.45, 2.75) is 52.4 Å². The average molecular weight is 336 g/mol. The summed E-state index contributed by atoms with van der Waals surface area (Å²) < 4.78 is 5.88. The Balaban J connectivity index is 2.73. The predicted octanol–water partition coefficient (Wildman–Crippen LogP) is 3.75. The van der Waals surface area contributed by atoms with E-state index in [1.54, 1.807) is 6.08 Å². The first-order valence-electron chi connectivity index (χ1n) is 8.95. The number of aliphatic carboxylic acids is 1. The Morgan fingerprint density at radius 1 is 1.42 bits per heavy atom. The highest BCUT2D eigenvalue weighted by molar-refractivity contribution is 5.72. The molecule has 5 heteroatoms. The fourth-order valence-corrected chi connectivity index (χ4v) is 3.10. The molecule has 4 N–H and O–H groups in total. The largest absolute Gasteiger partial charge is 0.498 e. The van der Waals surface area contributed by atoms with E-state index in [1.807, 2.05) is 13.0 Å². The van der Waals surface area contributed by atoms with Crippen LogP contribution in [0.4, 0.5) is 0 Å². The van der Waals surface area contributed by atoms with Gasteiger partial charge in [-0.25, -0.2) is 0 Å². The molecular weight excluding hydrogens is 304 g/mol. The summed E-state index contributed by atoms with van der Waals surface area (Å²) >= 11 is 0. The van der Waals surface area contributed by atoms with E-state index in [4.69, 9.17) is 21.0 Å². The lowest BCUT2D eigenvalue weighted by Crippen LogP contribution is -2.15. The first-order valence-corrected chi connectivity index (χ1v) is 8.95. The number of ether oxygens (including phenoxy) is 1. The van der Waals surface area contributed by atoms with E-state index in [-0.39, 0.29) is 12.3 Å². The summed E-state index contributed by atoms with van der Waals surface area (Å²) in [5.41, 5.74) is 6.54. The van der Waals surface area contributed by atoms with Crippen molar-refractivity contribution in [3.63, 3.8) is 0 Å². The van der Waals surface area contributed by atoms with E-state index >= 15 is 0 Å². The van der Waals surface area contributed by atoms with Crippen molar-refractivity contribution in [1.82, 2.24) is 0 Å². The number of carboxylic acid groups (broad SMARTS) is 1. The number of carbonyl (C=O) groups is 1. The van der Waals surface area contributed by atoms with E-state index in [2.05, 4.69) is 6.92 Å². The third-order valence-corrected chi connectivity index (χ3v) is 4.48. The van der Waals surface area contributed by atoms with Crippen molar-refractivity contribution in [3.05, 3.63) is 23.5 Å². The third-order valence-electron chi connectivity index (χ3n) is 4.48. The predicted molar refractivity (Wildman–Crippen MR) is 97.1 cm³/mol. The van der Waals surface area contributed by atoms with Crippen LogP contribution in [-0.4, -0.2) is 30.4 Å². The number of rotatable bonds is 13. The van der Waals surface area contributed by atoms with Crippen LogP contribution in [0.3, 0.4) is 0 Å². The van der Waals surface area contributed by atoms with Crippen molar-refractivity contribution in [2.24, 2.45) is 23.5 Å². The Labute approximate surface area is 145 Å². The van der Waals surface area contributed by atoms with Gasteiger partial charge in [0.15, 0.2) is 0 Å². The minimum atomic E-state index is -0.791. The molecular formula is C19H32N2O3. The summed E-state index contributed by atoms with van der Waals surface area (Å²) in [5, 5.41) is 16.5. The van der Waals surface area contributed by atoms with Crippen molar-refractivity contribution < 1.29 is 14.6 Å². The fourth-order valence-electron chi connectivity index (χ4n) is 3.10. The molecule has 2 unspecified atom stereocenters. The van der Waals surface area contributed by atoms with Gasteiger partial charge in [0.1, 0.15) is 0 Å². The van der Waals surface area contributed by atoms with Gasteiger partial charge in [0.05, 0.1) is 18.8 Å². The van der Waals surface area contributed by atoms with Gasteiger partial charge < -0.3 is 21.0 Å². The van der Waals surface area contributed by atoms with Gasteiger partial charge in [0, 0.05) is 6.21 Å². The molecule has 0 aromatic heterocycles. The SMILES string of the molecule is CCCC(CCN)CO/C(C)=C/C(=C\C=N)C(CC(=O)O)C1CC1. The number of allylic oxidation sites excluding steroid dienone is 4. The van der Waals surface area contributed by atoms with Gasteiger partial charge >= 0.3 is 5.97 Å². The van der Waals surface area contributed by atoms with Crippen molar-refractivity contribution in [3.8, 4) is 0 Å². The zero-order chi connectivity index (χ0) is 17.9. The Morgan fingerprint density at radius 3 is 2.62 bits per heavy atom. The van der Waals surface area contributed by atoms with E-state index in [0.717, 1.165) is 43.4 Å². The van der Waals surface area contributed by atoms with Gasteiger partial charge in [-0.3, -0.25) is 4.79 Å². The van der Waals surface area contributed by atoms with Crippen molar-refractivity contribution in [2.75, 3.05) is 13.2 Å². The summed E-state index contributed by atoms with van der Waals surface area (Å²) in [5.74, 6) is 0.828. The zero-order valence-electron chi connectivity index (χ0n) is 15.0. The molecule has 1 aliphatic carbocycles. The zero-order valence-corrected chi connectivity index (χ0v) is 15.0. The van der Waals surface area contributed by atoms with Gasteiger partial charge in [-0.15, -0.1) is 0 Å². The first kappa shape index (κ1) is 20.4. The summed E-state index contributed by atoms with van der Waals surface area (Å²) in [6.45, 7) is 5.35. The van der Waals surface area contributed by atoms with Crippen molar-refractivity contribution in [1.29, 1.82) is 5.41 Å². The molecule has 136 valence electrons. The normalized spacial score (nSPS) is 18.1. The Morgan fingerprint density at radius 2 is 2.12 bits per heavy atom. The van der Waals surface area contributed by atoms with Gasteiger partial charge in [-0.2, -0.15) is 0 Å². The molecule has 5 nitrogen and oxygen atoms in total. The molecule has 1 saturated carbocycles. The fraction of sp³-hybridized carbons (Fsp3) is 0.684. The monoisotopic (exact) mass is 336 g/mol. The Hall–Kier alpha value is -1.62. The van der Waals surface area contributed by atoms with Crippen LogP contribution < -0.4 is 5.73 Å². The van der Waals surface area contributed by atoms with E-state index in [1.165, 1.54) is 6.21 Å². The second-order valence-corrected chi connectivity index (χ2v) is 6.67. The number of nitrogens with one attached hydrogen (secondary N) is 1. The molecule has 0 saturated heterocycles. The summed E-state index contributed by atoms with van der Waals surface area (Å²) in [7, 11) is 0. The molecule has 1 fully saturated rings. The molecule has 0 spiro atoms. The first-order chi connectivity index (χ1) is 11.5. The topological polar surface area (TPSA) is 96.4 Å². The maximum Gasteiger partial charge on any atom is 0.303 e. The summed E-state index contributed by atoms with van der Waals surface area (Å²) in [4.78, 5) is 11.1. The van der Waals surface area contributed by atoms with E-state index in [9.17, 15) is 4.79 Å². The molecule has 1 rings (SSSR count). The molecule has 2 atom stereocenters. The summed E-state index contributed by atoms with van der Waals surface area (Å²) in [6, 6.07) is 0. The highest BCUT2D eigenvalue weighted by atomic mass is 16.5. The smallest absolute Gasteiger partial charge is 0.303 e. The standard InChI is InChI=1S/C19H32N2O3/c1-3-4-15(7-9-20)13-24-14(2)11-17(8-10-21)18(12-19(22)23)16-5-6-16/h8,10-11,15-16,18,21H,3-7,9,12-13,20H2,1-2H3,(H,22,23)/b14-11+,17-8+,21-10?. The number of hydrogen-bond donors (Lipinski definition) is 3. The maximum absolute atomic E-state index is 11.1. The molecule has 0 aromatic carbocycles. The van der Waals surface area contributed by atoms with Crippen LogP contribution in [0.2, 0.25) is 0 Å². The van der Waals surface area contributed by atoms with Gasteiger partial charge in [0.25, 0.3) is 0 Å². The minimum absolute atomic E-state index is 0.0295. The lowest BCUT2D eigenvalue weighted by Gasteiger charge is -2.19. The molecule has 1 aliphatic rings. The second kappa shape index (κ2) is 11.0. The van der Waals surface area contributed by atoms with E-state index < -0.39 is 5.97 Å². The lowest BCUT2D eigenvalue weighted by molar-refractivity contribution is -0.137. The second-order valence-electron chi connectivity index (χ2n) is 6.67. The Kier molecular flexibility index (Phi) is 9.38. The number of carboxylic acids is 1. The van der Waals surface area contributed by atoms with Crippen LogP contribution in [0.15, 0.2) is 23.5 Å². The van der Waals surface area contributed by atoms with Gasteiger partial charge in [-0.05, 0) is 74.6 Å². The number of hydrogen-bond acceptors (Lipinski definition) is 4. The molecule has 0 amide bonds. The molecule has 0 bridgehead atoms. The molecule has 0 radical (unpaired) electrons. The minimum Gasteiger partial charge on any atom is -0.498 e. The van der Waals surface area contributed by atoms with Crippen LogP contribution in [0.5, 0.6) is 0 Å². The van der Waals surface area contributed by atoms with Crippen molar-refractivity contribution >= 4 is 12.2 Å². The average Bonchev–Trinajstić information content (AvgIpc) is 3.35. The quantitative estimate of drug-likeness (QED) is 0.271. The Bertz CT molecular complexity index is 461. The molecule has 0 aromatic rings. The number of nitrogens with two attached hydrogens (primary N) is 1. The molecule has 0 aliphatic heterocycles. The third kappa shape index (κ3) is 7.77. The highest BCUT2D eigenvalue weighted by Crippen LogP contribution is 2.42. The molecule has 0 heterocycles. The summed E-state index contributed by atoms with van der Waals surface area (Å²) in [6.07, 6.45) is 10.2. The van der Waals surface area contributed by atoms with Crippen LogP contribution in [0.25, 0.3) is 0 Å². The van der Waals surface area contributed by atoms with Gasteiger partial charge in [0.2, 0.25) is 0 Å². The lowest BCUT2D eigenvalue weighted by atomic mass is 9.90. The molecule has 24 heavy (non-hydrogen) atoms. The van der Waals surface area contributed by atoms with Crippen LogP contribution in [0, 0.1) is 23.2 Å². The maximum atomic E-state index is 11.1. The highest BCUT2D eigenvalue weighted by Gasteiger charge is 2.34. The van der Waals surface area contributed by atoms with Crippen LogP contribution >= 0.6 is 0 Å². The van der Waals surface area contributed by atoms with Crippen LogP contribution in [-0.2, 0) is 9.53 Å². The van der Waals surface area contributed by atoms with E-state index in [0.29, 0.717) is 25.0 Å². The van der Waals surface area contributed by atoms with Gasteiger partial charge in [-0.1, -0.05) is 13.3 Å².